The first-order valence-electron chi connectivity index (χ1n) is 7.95. The lowest BCUT2D eigenvalue weighted by Crippen LogP contribution is -2.24. The van der Waals surface area contributed by atoms with Gasteiger partial charge >= 0.3 is 0 Å². The average molecular weight is 290 g/mol. The molecule has 4 heteroatoms. The van der Waals surface area contributed by atoms with Gasteiger partial charge in [-0.1, -0.05) is 38.3 Å². The molecule has 1 aromatic rings. The molecule has 0 radical (unpaired) electrons. The first-order valence-corrected chi connectivity index (χ1v) is 7.95. The van der Waals surface area contributed by atoms with E-state index < -0.39 is 0 Å². The zero-order valence-electron chi connectivity index (χ0n) is 12.8. The molecular weight excluding hydrogens is 264 g/mol. The van der Waals surface area contributed by atoms with E-state index in [0.29, 0.717) is 30.5 Å². The second kappa shape index (κ2) is 8.03. The molecule has 0 aromatic heterocycles. The van der Waals surface area contributed by atoms with Crippen LogP contribution in [0.25, 0.3) is 0 Å². The third-order valence-electron chi connectivity index (χ3n) is 4.23. The third kappa shape index (κ3) is 5.05. The van der Waals surface area contributed by atoms with Crippen LogP contribution in [0.3, 0.4) is 0 Å². The third-order valence-corrected chi connectivity index (χ3v) is 4.23. The van der Waals surface area contributed by atoms with Gasteiger partial charge in [0.05, 0.1) is 30.5 Å². The lowest BCUT2D eigenvalue weighted by atomic mass is 9.85. The van der Waals surface area contributed by atoms with Crippen LogP contribution in [-0.2, 0) is 9.53 Å². The number of hydrogen-bond acceptors (Lipinski definition) is 3. The van der Waals surface area contributed by atoms with Crippen LogP contribution in [-0.4, -0.2) is 18.6 Å². The molecule has 2 atom stereocenters. The number of benzene rings is 1. The topological polar surface area (TPSA) is 64.3 Å². The van der Waals surface area contributed by atoms with Gasteiger partial charge in [0.25, 0.3) is 0 Å². The molecule has 1 aliphatic carbocycles. The minimum absolute atomic E-state index is 0.0456. The number of carbonyl (C=O) groups excluding carboxylic acids is 1. The average Bonchev–Trinajstić information content (AvgIpc) is 2.50. The highest BCUT2D eigenvalue weighted by Gasteiger charge is 2.21. The summed E-state index contributed by atoms with van der Waals surface area (Å²) in [5.41, 5.74) is 7.06. The van der Waals surface area contributed by atoms with Crippen molar-refractivity contribution in [3.8, 4) is 0 Å². The van der Waals surface area contributed by atoms with Gasteiger partial charge in [0.15, 0.2) is 0 Å². The Labute approximate surface area is 127 Å². The number of nitrogens with one attached hydrogen (secondary N) is 1. The molecule has 2 rings (SSSR count). The van der Waals surface area contributed by atoms with Crippen molar-refractivity contribution in [2.24, 2.45) is 5.92 Å². The normalized spacial score (nSPS) is 22.0. The summed E-state index contributed by atoms with van der Waals surface area (Å²) < 4.78 is 5.86. The van der Waals surface area contributed by atoms with Crippen molar-refractivity contribution in [1.29, 1.82) is 0 Å². The lowest BCUT2D eigenvalue weighted by molar-refractivity contribution is -0.118. The van der Waals surface area contributed by atoms with Crippen LogP contribution < -0.4 is 11.1 Å². The minimum atomic E-state index is -0.0456. The summed E-state index contributed by atoms with van der Waals surface area (Å²) in [4.78, 5) is 11.9. The zero-order chi connectivity index (χ0) is 15.1. The van der Waals surface area contributed by atoms with Gasteiger partial charge in [0.1, 0.15) is 0 Å². The van der Waals surface area contributed by atoms with Gasteiger partial charge in [0.2, 0.25) is 5.91 Å². The van der Waals surface area contributed by atoms with Crippen molar-refractivity contribution < 1.29 is 9.53 Å². The van der Waals surface area contributed by atoms with Gasteiger partial charge in [-0.3, -0.25) is 4.79 Å². The van der Waals surface area contributed by atoms with Crippen LogP contribution in [0, 0.1) is 5.92 Å². The highest BCUT2D eigenvalue weighted by molar-refractivity contribution is 5.93. The summed E-state index contributed by atoms with van der Waals surface area (Å²) in [6.45, 7) is 2.73. The highest BCUT2D eigenvalue weighted by atomic mass is 16.5. The van der Waals surface area contributed by atoms with E-state index in [1.807, 2.05) is 12.1 Å². The van der Waals surface area contributed by atoms with Crippen molar-refractivity contribution in [2.45, 2.75) is 51.6 Å². The predicted molar refractivity (Wildman–Crippen MR) is 86.1 cm³/mol. The Kier molecular flexibility index (Phi) is 6.05. The lowest BCUT2D eigenvalue weighted by Gasteiger charge is -2.28. The molecule has 1 saturated carbocycles. The molecule has 1 fully saturated rings. The van der Waals surface area contributed by atoms with Crippen molar-refractivity contribution in [1.82, 2.24) is 0 Å². The van der Waals surface area contributed by atoms with E-state index in [9.17, 15) is 4.79 Å². The van der Waals surface area contributed by atoms with Crippen molar-refractivity contribution in [3.63, 3.8) is 0 Å². The fourth-order valence-electron chi connectivity index (χ4n) is 2.91. The molecule has 4 nitrogen and oxygen atoms in total. The molecule has 1 aliphatic rings. The van der Waals surface area contributed by atoms with Crippen LogP contribution in [0.15, 0.2) is 24.3 Å². The molecule has 0 aliphatic heterocycles. The maximum atomic E-state index is 11.9. The second-order valence-electron chi connectivity index (χ2n) is 5.82. The van der Waals surface area contributed by atoms with Gasteiger partial charge in [-0.05, 0) is 30.9 Å². The SMILES string of the molecule is CCC1CCCC(OCCC(=O)Nc2ccccc2N)C1. The number of carbonyl (C=O) groups is 1. The molecule has 21 heavy (non-hydrogen) atoms. The largest absolute Gasteiger partial charge is 0.397 e. The zero-order valence-corrected chi connectivity index (χ0v) is 12.8. The Morgan fingerprint density at radius 1 is 1.38 bits per heavy atom. The summed E-state index contributed by atoms with van der Waals surface area (Å²) in [6, 6.07) is 7.29. The molecule has 116 valence electrons. The van der Waals surface area contributed by atoms with Gasteiger partial charge in [-0.25, -0.2) is 0 Å². The van der Waals surface area contributed by atoms with Crippen molar-refractivity contribution in [2.75, 3.05) is 17.7 Å². The number of anilines is 2. The molecular formula is C17H26N2O2. The number of amides is 1. The molecule has 0 bridgehead atoms. The Morgan fingerprint density at radius 3 is 2.95 bits per heavy atom. The van der Waals surface area contributed by atoms with Gasteiger partial charge < -0.3 is 15.8 Å². The minimum Gasteiger partial charge on any atom is -0.397 e. The maximum absolute atomic E-state index is 11.9. The standard InChI is InChI=1S/C17H26N2O2/c1-2-13-6-5-7-14(12-13)21-11-10-17(20)19-16-9-4-3-8-15(16)18/h3-4,8-9,13-14H,2,5-7,10-12,18H2,1H3,(H,19,20). The quantitative estimate of drug-likeness (QED) is 0.787. The number of ether oxygens (including phenoxy) is 1. The molecule has 1 amide bonds. The van der Waals surface area contributed by atoms with Crippen LogP contribution >= 0.6 is 0 Å². The van der Waals surface area contributed by atoms with Gasteiger partial charge in [-0.2, -0.15) is 0 Å². The number of hydrogen-bond donors (Lipinski definition) is 2. The van der Waals surface area contributed by atoms with Crippen LogP contribution in [0.1, 0.15) is 45.4 Å². The summed E-state index contributed by atoms with van der Waals surface area (Å²) in [6.07, 6.45) is 6.78. The Balaban J connectivity index is 1.69. The molecule has 2 unspecified atom stereocenters. The highest BCUT2D eigenvalue weighted by Crippen LogP contribution is 2.28. The Bertz CT molecular complexity index is 462. The van der Waals surface area contributed by atoms with Crippen molar-refractivity contribution in [3.05, 3.63) is 24.3 Å². The number of nitrogens with two attached hydrogens (primary N) is 1. The molecule has 3 N–H and O–H groups in total. The predicted octanol–water partition coefficient (Wildman–Crippen LogP) is 3.58. The van der Waals surface area contributed by atoms with E-state index in [-0.39, 0.29) is 5.91 Å². The van der Waals surface area contributed by atoms with Crippen LogP contribution in [0.5, 0.6) is 0 Å². The fraction of sp³-hybridized carbons (Fsp3) is 0.588. The monoisotopic (exact) mass is 290 g/mol. The van der Waals surface area contributed by atoms with Gasteiger partial charge in [0, 0.05) is 0 Å². The van der Waals surface area contributed by atoms with E-state index in [1.54, 1.807) is 12.1 Å². The number of para-hydroxylation sites is 2. The smallest absolute Gasteiger partial charge is 0.226 e. The molecule has 0 heterocycles. The summed E-state index contributed by atoms with van der Waals surface area (Å²) in [5.74, 6) is 0.748. The van der Waals surface area contributed by atoms with Crippen LogP contribution in [0.2, 0.25) is 0 Å². The first-order chi connectivity index (χ1) is 10.2. The Morgan fingerprint density at radius 2 is 2.19 bits per heavy atom. The maximum Gasteiger partial charge on any atom is 0.226 e. The first kappa shape index (κ1) is 15.8. The summed E-state index contributed by atoms with van der Waals surface area (Å²) >= 11 is 0. The fourth-order valence-corrected chi connectivity index (χ4v) is 2.91. The molecule has 1 aromatic carbocycles. The number of nitrogen functional groups attached to an aromatic ring is 1. The van der Waals surface area contributed by atoms with E-state index >= 15 is 0 Å². The van der Waals surface area contributed by atoms with E-state index in [0.717, 1.165) is 18.8 Å². The Hall–Kier alpha value is -1.55. The summed E-state index contributed by atoms with van der Waals surface area (Å²) in [7, 11) is 0. The van der Waals surface area contributed by atoms with Crippen LogP contribution in [0.4, 0.5) is 11.4 Å². The molecule has 0 spiro atoms. The van der Waals surface area contributed by atoms with E-state index in [4.69, 9.17) is 10.5 Å². The second-order valence-corrected chi connectivity index (χ2v) is 5.82. The van der Waals surface area contributed by atoms with E-state index in [1.165, 1.54) is 19.3 Å². The number of rotatable bonds is 6. The van der Waals surface area contributed by atoms with Gasteiger partial charge in [-0.15, -0.1) is 0 Å². The van der Waals surface area contributed by atoms with E-state index in [2.05, 4.69) is 12.2 Å². The summed E-state index contributed by atoms with van der Waals surface area (Å²) in [5, 5.41) is 2.82. The van der Waals surface area contributed by atoms with Crippen molar-refractivity contribution >= 4 is 17.3 Å². The molecule has 0 saturated heterocycles.